The van der Waals surface area contributed by atoms with Crippen molar-refractivity contribution >= 4 is 5.97 Å². The molecule has 0 bridgehead atoms. The van der Waals surface area contributed by atoms with Crippen LogP contribution in [-0.4, -0.2) is 12.6 Å². The highest BCUT2D eigenvalue weighted by atomic mass is 16.5. The summed E-state index contributed by atoms with van der Waals surface area (Å²) in [5.74, 6) is -0.216. The fraction of sp³-hybridized carbons (Fsp3) is 0.778. The van der Waals surface area contributed by atoms with Gasteiger partial charge in [0.25, 0.3) is 0 Å². The molecule has 0 heterocycles. The van der Waals surface area contributed by atoms with Crippen LogP contribution in [0.5, 0.6) is 0 Å². The Morgan fingerprint density at radius 2 is 2.00 bits per heavy atom. The maximum Gasteiger partial charge on any atom is 0.302 e. The minimum Gasteiger partial charge on any atom is -0.466 e. The summed E-state index contributed by atoms with van der Waals surface area (Å²) in [6, 6.07) is 2.09. The molecule has 0 amide bonds. The van der Waals surface area contributed by atoms with E-state index in [1.807, 2.05) is 0 Å². The Labute approximate surface area is 73.3 Å². The summed E-state index contributed by atoms with van der Waals surface area (Å²) in [7, 11) is 0. The summed E-state index contributed by atoms with van der Waals surface area (Å²) in [6.45, 7) is 1.93. The van der Waals surface area contributed by atoms with Crippen LogP contribution in [0.1, 0.15) is 39.0 Å². The van der Waals surface area contributed by atoms with Gasteiger partial charge in [0.05, 0.1) is 12.7 Å². The van der Waals surface area contributed by atoms with Crippen LogP contribution < -0.4 is 0 Å². The summed E-state index contributed by atoms with van der Waals surface area (Å²) >= 11 is 0. The van der Waals surface area contributed by atoms with Gasteiger partial charge in [-0.3, -0.25) is 4.79 Å². The molecular formula is C9H15NO2. The predicted molar refractivity (Wildman–Crippen MR) is 45.3 cm³/mol. The number of carbonyl (C=O) groups excluding carboxylic acids is 1. The summed E-state index contributed by atoms with van der Waals surface area (Å²) in [5.41, 5.74) is 0. The number of hydrogen-bond donors (Lipinski definition) is 0. The molecule has 0 aromatic carbocycles. The van der Waals surface area contributed by atoms with Gasteiger partial charge in [-0.05, 0) is 12.8 Å². The van der Waals surface area contributed by atoms with E-state index in [0.717, 1.165) is 25.7 Å². The second-order valence-electron chi connectivity index (χ2n) is 2.66. The van der Waals surface area contributed by atoms with Crippen molar-refractivity contribution in [3.8, 4) is 6.07 Å². The molecule has 0 aromatic rings. The molecule has 12 heavy (non-hydrogen) atoms. The minimum absolute atomic E-state index is 0.216. The van der Waals surface area contributed by atoms with Gasteiger partial charge in [0.15, 0.2) is 0 Å². The average molecular weight is 169 g/mol. The summed E-state index contributed by atoms with van der Waals surface area (Å²) in [6.07, 6.45) is 4.58. The minimum atomic E-state index is -0.216. The molecule has 0 aliphatic carbocycles. The second kappa shape index (κ2) is 8.06. The van der Waals surface area contributed by atoms with E-state index in [0.29, 0.717) is 13.0 Å². The first-order valence-electron chi connectivity index (χ1n) is 4.27. The van der Waals surface area contributed by atoms with E-state index in [2.05, 4.69) is 6.07 Å². The van der Waals surface area contributed by atoms with Gasteiger partial charge in [0.2, 0.25) is 0 Å². The normalized spacial score (nSPS) is 9.00. The highest BCUT2D eigenvalue weighted by Gasteiger charge is 1.92. The van der Waals surface area contributed by atoms with E-state index in [-0.39, 0.29) is 5.97 Å². The van der Waals surface area contributed by atoms with E-state index >= 15 is 0 Å². The average Bonchev–Trinajstić information content (AvgIpc) is 2.02. The number of rotatable bonds is 6. The van der Waals surface area contributed by atoms with Crippen LogP contribution in [0.4, 0.5) is 0 Å². The molecule has 0 saturated carbocycles. The fourth-order valence-corrected chi connectivity index (χ4v) is 0.876. The third-order valence-corrected chi connectivity index (χ3v) is 1.49. The van der Waals surface area contributed by atoms with Crippen molar-refractivity contribution < 1.29 is 9.53 Å². The molecule has 0 radical (unpaired) electrons. The molecule has 0 fully saturated rings. The van der Waals surface area contributed by atoms with Crippen LogP contribution in [-0.2, 0) is 9.53 Å². The van der Waals surface area contributed by atoms with Gasteiger partial charge in [-0.15, -0.1) is 0 Å². The first-order valence-corrected chi connectivity index (χ1v) is 4.27. The maximum absolute atomic E-state index is 10.3. The molecule has 0 atom stereocenters. The zero-order valence-corrected chi connectivity index (χ0v) is 7.51. The van der Waals surface area contributed by atoms with Crippen molar-refractivity contribution in [2.75, 3.05) is 6.61 Å². The quantitative estimate of drug-likeness (QED) is 0.451. The van der Waals surface area contributed by atoms with Crippen molar-refractivity contribution in [3.63, 3.8) is 0 Å². The van der Waals surface area contributed by atoms with Crippen LogP contribution in [0.15, 0.2) is 0 Å². The highest BCUT2D eigenvalue weighted by molar-refractivity contribution is 5.65. The topological polar surface area (TPSA) is 50.1 Å². The number of esters is 1. The molecule has 3 heteroatoms. The molecule has 68 valence electrons. The highest BCUT2D eigenvalue weighted by Crippen LogP contribution is 2.02. The number of unbranched alkanes of at least 4 members (excludes halogenated alkanes) is 4. The van der Waals surface area contributed by atoms with Gasteiger partial charge < -0.3 is 4.74 Å². The SMILES string of the molecule is CC(=O)OCCCCCCC#N. The zero-order valence-electron chi connectivity index (χ0n) is 7.51. The molecule has 0 aliphatic rings. The maximum atomic E-state index is 10.3. The molecule has 0 spiro atoms. The molecule has 0 rings (SSSR count). The molecule has 0 aliphatic heterocycles. The number of hydrogen-bond acceptors (Lipinski definition) is 3. The second-order valence-corrected chi connectivity index (χ2v) is 2.66. The number of carbonyl (C=O) groups is 1. The smallest absolute Gasteiger partial charge is 0.302 e. The largest absolute Gasteiger partial charge is 0.466 e. The molecular weight excluding hydrogens is 154 g/mol. The van der Waals surface area contributed by atoms with E-state index in [4.69, 9.17) is 10.00 Å². The van der Waals surface area contributed by atoms with Crippen LogP contribution >= 0.6 is 0 Å². The molecule has 0 saturated heterocycles. The van der Waals surface area contributed by atoms with Crippen LogP contribution in [0.2, 0.25) is 0 Å². The van der Waals surface area contributed by atoms with Crippen molar-refractivity contribution in [2.24, 2.45) is 0 Å². The zero-order chi connectivity index (χ0) is 9.23. The fourth-order valence-electron chi connectivity index (χ4n) is 0.876. The van der Waals surface area contributed by atoms with Crippen molar-refractivity contribution in [2.45, 2.75) is 39.0 Å². The van der Waals surface area contributed by atoms with E-state index in [1.165, 1.54) is 6.92 Å². The first kappa shape index (κ1) is 11.0. The third kappa shape index (κ3) is 8.96. The van der Waals surface area contributed by atoms with Gasteiger partial charge in [0, 0.05) is 13.3 Å². The summed E-state index contributed by atoms with van der Waals surface area (Å²) < 4.78 is 4.74. The molecule has 3 nitrogen and oxygen atoms in total. The Kier molecular flexibility index (Phi) is 7.36. The van der Waals surface area contributed by atoms with Gasteiger partial charge in [-0.1, -0.05) is 12.8 Å². The first-order chi connectivity index (χ1) is 5.77. The van der Waals surface area contributed by atoms with Gasteiger partial charge >= 0.3 is 5.97 Å². The summed E-state index contributed by atoms with van der Waals surface area (Å²) in [5, 5.41) is 8.22. The van der Waals surface area contributed by atoms with E-state index in [1.54, 1.807) is 0 Å². The van der Waals surface area contributed by atoms with E-state index in [9.17, 15) is 4.79 Å². The Balaban J connectivity index is 2.92. The van der Waals surface area contributed by atoms with Gasteiger partial charge in [-0.25, -0.2) is 0 Å². The van der Waals surface area contributed by atoms with Crippen molar-refractivity contribution in [3.05, 3.63) is 0 Å². The number of nitrogens with zero attached hydrogens (tertiary/aromatic N) is 1. The standard InChI is InChI=1S/C9H15NO2/c1-9(11)12-8-6-4-2-3-5-7-10/h2-6,8H2,1H3. The lowest BCUT2D eigenvalue weighted by Gasteiger charge is -2.00. The van der Waals surface area contributed by atoms with Gasteiger partial charge in [-0.2, -0.15) is 5.26 Å². The van der Waals surface area contributed by atoms with Crippen molar-refractivity contribution in [1.82, 2.24) is 0 Å². The number of ether oxygens (including phenoxy) is 1. The van der Waals surface area contributed by atoms with Crippen LogP contribution in [0, 0.1) is 11.3 Å². The Bertz CT molecular complexity index is 160. The van der Waals surface area contributed by atoms with Gasteiger partial charge in [0.1, 0.15) is 0 Å². The lowest BCUT2D eigenvalue weighted by atomic mass is 10.2. The lowest BCUT2D eigenvalue weighted by molar-refractivity contribution is -0.141. The molecule has 0 aromatic heterocycles. The number of nitriles is 1. The summed E-state index contributed by atoms with van der Waals surface area (Å²) in [4.78, 5) is 10.3. The predicted octanol–water partition coefficient (Wildman–Crippen LogP) is 2.02. The van der Waals surface area contributed by atoms with Crippen LogP contribution in [0.25, 0.3) is 0 Å². The molecule has 0 N–H and O–H groups in total. The van der Waals surface area contributed by atoms with Crippen LogP contribution in [0.3, 0.4) is 0 Å². The Morgan fingerprint density at radius 1 is 1.33 bits per heavy atom. The Morgan fingerprint density at radius 3 is 2.58 bits per heavy atom. The van der Waals surface area contributed by atoms with Crippen molar-refractivity contribution in [1.29, 1.82) is 5.26 Å². The molecule has 0 unspecified atom stereocenters. The third-order valence-electron chi connectivity index (χ3n) is 1.49. The Hall–Kier alpha value is -1.04. The monoisotopic (exact) mass is 169 g/mol. The lowest BCUT2D eigenvalue weighted by Crippen LogP contribution is -1.99. The van der Waals surface area contributed by atoms with E-state index < -0.39 is 0 Å².